The molecule has 0 aromatic heterocycles. The van der Waals surface area contributed by atoms with E-state index >= 15 is 0 Å². The summed E-state index contributed by atoms with van der Waals surface area (Å²) in [6, 6.07) is 13.3. The van der Waals surface area contributed by atoms with Crippen LogP contribution in [0.15, 0.2) is 47.4 Å². The van der Waals surface area contributed by atoms with Gasteiger partial charge in [0, 0.05) is 10.6 Å². The third-order valence-corrected chi connectivity index (χ3v) is 4.83. The molecule has 2 N–H and O–H groups in total. The molecule has 3 rings (SSSR count). The Balaban J connectivity index is 1.65. The van der Waals surface area contributed by atoms with Crippen LogP contribution in [-0.4, -0.2) is 29.6 Å². The fourth-order valence-electron chi connectivity index (χ4n) is 2.40. The maximum Gasteiger partial charge on any atom is 0.338 e. The third-order valence-electron chi connectivity index (χ3n) is 3.76. The van der Waals surface area contributed by atoms with E-state index in [-0.39, 0.29) is 11.5 Å². The van der Waals surface area contributed by atoms with Crippen LogP contribution in [0.4, 0.5) is 11.4 Å². The van der Waals surface area contributed by atoms with Gasteiger partial charge < -0.3 is 15.4 Å². The van der Waals surface area contributed by atoms with Gasteiger partial charge in [0.1, 0.15) is 0 Å². The maximum atomic E-state index is 12.3. The lowest BCUT2D eigenvalue weighted by Crippen LogP contribution is -2.30. The molecule has 2 amide bonds. The second-order valence-electron chi connectivity index (χ2n) is 5.78. The van der Waals surface area contributed by atoms with Crippen molar-refractivity contribution in [3.63, 3.8) is 0 Å². The van der Waals surface area contributed by atoms with Gasteiger partial charge in [0.15, 0.2) is 6.10 Å². The number of hydrogen-bond donors (Lipinski definition) is 2. The molecule has 2 aromatic rings. The number of anilines is 2. The summed E-state index contributed by atoms with van der Waals surface area (Å²) in [7, 11) is 0. The molecule has 0 unspecified atom stereocenters. The molecule has 1 heterocycles. The van der Waals surface area contributed by atoms with Crippen LogP contribution in [0, 0.1) is 11.3 Å². The number of carbonyl (C=O) groups is 3. The lowest BCUT2D eigenvalue weighted by Gasteiger charge is -2.17. The van der Waals surface area contributed by atoms with Gasteiger partial charge in [-0.1, -0.05) is 6.07 Å². The van der Waals surface area contributed by atoms with Crippen molar-refractivity contribution < 1.29 is 19.1 Å². The maximum absolute atomic E-state index is 12.3. The second-order valence-corrected chi connectivity index (χ2v) is 6.79. The summed E-state index contributed by atoms with van der Waals surface area (Å²) in [5.74, 6) is -0.984. The van der Waals surface area contributed by atoms with Gasteiger partial charge in [0.25, 0.3) is 5.91 Å². The number of rotatable bonds is 4. The van der Waals surface area contributed by atoms with Gasteiger partial charge in [-0.15, -0.1) is 11.8 Å². The van der Waals surface area contributed by atoms with Crippen molar-refractivity contribution in [2.45, 2.75) is 17.9 Å². The van der Waals surface area contributed by atoms with Crippen molar-refractivity contribution in [3.05, 3.63) is 53.6 Å². The topological polar surface area (TPSA) is 108 Å². The fraction of sp³-hybridized carbons (Fsp3) is 0.158. The van der Waals surface area contributed by atoms with Crippen LogP contribution in [0.3, 0.4) is 0 Å². The first-order chi connectivity index (χ1) is 13.0. The third kappa shape index (κ3) is 4.46. The Hall–Kier alpha value is -3.31. The molecule has 2 aromatic carbocycles. The molecule has 27 heavy (non-hydrogen) atoms. The molecule has 0 fully saturated rings. The lowest BCUT2D eigenvalue weighted by molar-refractivity contribution is -0.123. The zero-order valence-electron chi connectivity index (χ0n) is 14.3. The first-order valence-corrected chi connectivity index (χ1v) is 9.03. The highest BCUT2D eigenvalue weighted by Gasteiger charge is 2.22. The number of ether oxygens (including phenoxy) is 1. The molecule has 0 saturated heterocycles. The van der Waals surface area contributed by atoms with E-state index < -0.39 is 18.0 Å². The van der Waals surface area contributed by atoms with Crippen LogP contribution in [0.25, 0.3) is 0 Å². The largest absolute Gasteiger partial charge is 0.449 e. The standard InChI is InChI=1S/C19H15N3O4S/c1-11(18(24)21-14-4-2-3-12(7-14)9-20)26-19(25)13-5-6-16-15(8-13)22-17(23)10-27-16/h2-8,11H,10H2,1H3,(H,21,24)(H,22,23)/t11-/m0/s1. The fourth-order valence-corrected chi connectivity index (χ4v) is 3.19. The average Bonchev–Trinajstić information content (AvgIpc) is 2.67. The smallest absolute Gasteiger partial charge is 0.338 e. The van der Waals surface area contributed by atoms with E-state index in [1.807, 2.05) is 6.07 Å². The van der Waals surface area contributed by atoms with E-state index in [1.165, 1.54) is 30.8 Å². The van der Waals surface area contributed by atoms with Crippen molar-refractivity contribution in [2.75, 3.05) is 16.4 Å². The average molecular weight is 381 g/mol. The molecule has 1 aliphatic heterocycles. The Morgan fingerprint density at radius 1 is 1.30 bits per heavy atom. The van der Waals surface area contributed by atoms with Gasteiger partial charge in [0.05, 0.1) is 28.6 Å². The first-order valence-electron chi connectivity index (χ1n) is 8.05. The second kappa shape index (κ2) is 7.93. The number of hydrogen-bond acceptors (Lipinski definition) is 6. The normalized spacial score (nSPS) is 13.6. The molecule has 0 spiro atoms. The van der Waals surface area contributed by atoms with E-state index in [4.69, 9.17) is 10.00 Å². The predicted molar refractivity (Wildman–Crippen MR) is 100 cm³/mol. The van der Waals surface area contributed by atoms with E-state index in [2.05, 4.69) is 10.6 Å². The zero-order chi connectivity index (χ0) is 19.4. The first kappa shape index (κ1) is 18.5. The monoisotopic (exact) mass is 381 g/mol. The minimum atomic E-state index is -1.04. The van der Waals surface area contributed by atoms with Crippen LogP contribution in [-0.2, 0) is 14.3 Å². The van der Waals surface area contributed by atoms with Crippen molar-refractivity contribution in [2.24, 2.45) is 0 Å². The molecular weight excluding hydrogens is 366 g/mol. The van der Waals surface area contributed by atoms with Gasteiger partial charge in [-0.25, -0.2) is 4.79 Å². The van der Waals surface area contributed by atoms with Crippen LogP contribution < -0.4 is 10.6 Å². The van der Waals surface area contributed by atoms with Crippen molar-refractivity contribution in [1.29, 1.82) is 5.26 Å². The summed E-state index contributed by atoms with van der Waals surface area (Å²) in [5, 5.41) is 14.2. The number of nitriles is 1. The predicted octanol–water partition coefficient (Wildman–Crippen LogP) is 2.79. The Morgan fingerprint density at radius 2 is 2.11 bits per heavy atom. The van der Waals surface area contributed by atoms with E-state index in [0.717, 1.165) is 4.90 Å². The molecule has 0 radical (unpaired) electrons. The molecule has 0 aliphatic carbocycles. The summed E-state index contributed by atoms with van der Waals surface area (Å²) < 4.78 is 5.21. The molecule has 0 saturated carbocycles. The molecule has 0 bridgehead atoms. The summed E-state index contributed by atoms with van der Waals surface area (Å²) >= 11 is 1.39. The Bertz CT molecular complexity index is 968. The van der Waals surface area contributed by atoms with Crippen LogP contribution in [0.1, 0.15) is 22.8 Å². The number of fused-ring (bicyclic) bond motifs is 1. The van der Waals surface area contributed by atoms with Gasteiger partial charge >= 0.3 is 5.97 Å². The Labute approximate surface area is 159 Å². The summed E-state index contributed by atoms with van der Waals surface area (Å²) in [6.07, 6.45) is -1.04. The number of esters is 1. The van der Waals surface area contributed by atoms with E-state index in [1.54, 1.807) is 30.3 Å². The van der Waals surface area contributed by atoms with Crippen LogP contribution in [0.2, 0.25) is 0 Å². The van der Waals surface area contributed by atoms with Gasteiger partial charge in [-0.3, -0.25) is 9.59 Å². The zero-order valence-corrected chi connectivity index (χ0v) is 15.1. The molecule has 8 heteroatoms. The van der Waals surface area contributed by atoms with E-state index in [9.17, 15) is 14.4 Å². The number of nitrogens with zero attached hydrogens (tertiary/aromatic N) is 1. The van der Waals surface area contributed by atoms with Gasteiger partial charge in [-0.2, -0.15) is 5.26 Å². The molecule has 1 atom stereocenters. The Kier molecular flexibility index (Phi) is 5.43. The lowest BCUT2D eigenvalue weighted by atomic mass is 10.2. The van der Waals surface area contributed by atoms with Crippen LogP contribution in [0.5, 0.6) is 0 Å². The van der Waals surface area contributed by atoms with Gasteiger partial charge in [0.2, 0.25) is 5.91 Å². The van der Waals surface area contributed by atoms with Crippen molar-refractivity contribution >= 4 is 40.9 Å². The SMILES string of the molecule is C[C@H](OC(=O)c1ccc2c(c1)NC(=O)CS2)C(=O)Nc1cccc(C#N)c1. The molecule has 1 aliphatic rings. The highest BCUT2D eigenvalue weighted by Crippen LogP contribution is 2.32. The van der Waals surface area contributed by atoms with Crippen LogP contribution >= 0.6 is 11.8 Å². The summed E-state index contributed by atoms with van der Waals surface area (Å²) in [4.78, 5) is 36.9. The number of nitrogens with one attached hydrogen (secondary N) is 2. The van der Waals surface area contributed by atoms with Crippen molar-refractivity contribution in [3.8, 4) is 6.07 Å². The minimum Gasteiger partial charge on any atom is -0.449 e. The number of carbonyl (C=O) groups excluding carboxylic acids is 3. The summed E-state index contributed by atoms with van der Waals surface area (Å²) in [6.45, 7) is 1.46. The highest BCUT2D eigenvalue weighted by atomic mass is 32.2. The van der Waals surface area contributed by atoms with Crippen molar-refractivity contribution in [1.82, 2.24) is 0 Å². The Morgan fingerprint density at radius 3 is 2.89 bits per heavy atom. The molecule has 7 nitrogen and oxygen atoms in total. The minimum absolute atomic E-state index is 0.134. The number of amides is 2. The quantitative estimate of drug-likeness (QED) is 0.789. The van der Waals surface area contributed by atoms with Gasteiger partial charge in [-0.05, 0) is 43.3 Å². The highest BCUT2D eigenvalue weighted by molar-refractivity contribution is 8.00. The number of thioether (sulfide) groups is 1. The molecular formula is C19H15N3O4S. The molecule has 136 valence electrons. The number of benzene rings is 2. The summed E-state index contributed by atoms with van der Waals surface area (Å²) in [5.41, 5.74) is 1.64. The van der Waals surface area contributed by atoms with E-state index in [0.29, 0.717) is 22.7 Å².